The molecule has 0 aliphatic rings. The van der Waals surface area contributed by atoms with Crippen LogP contribution < -0.4 is 16.4 Å². The average Bonchev–Trinajstić information content (AvgIpc) is 2.13. The largest absolute Gasteiger partial charge is 0.458 e. The Kier molecular flexibility index (Phi) is 5.61. The minimum Gasteiger partial charge on any atom is -0.458 e. The fraction of sp³-hybridized carbons (Fsp3) is 0.727. The number of primary amides is 1. The second kappa shape index (κ2) is 6.23. The summed E-state index contributed by atoms with van der Waals surface area (Å²) in [6, 6.07) is -2.41. The SMILES string of the molecule is CC(NC(N)=O)C(=O)N[C@@H](C)C(=O)OC(C)(C)C. The first kappa shape index (κ1) is 16.2. The van der Waals surface area contributed by atoms with Gasteiger partial charge in [0.25, 0.3) is 0 Å². The zero-order chi connectivity index (χ0) is 14.5. The second-order valence-corrected chi connectivity index (χ2v) is 4.99. The minimum absolute atomic E-state index is 0.507. The molecule has 2 atom stereocenters. The van der Waals surface area contributed by atoms with Crippen LogP contribution >= 0.6 is 0 Å². The van der Waals surface area contributed by atoms with E-state index in [4.69, 9.17) is 10.5 Å². The summed E-state index contributed by atoms with van der Waals surface area (Å²) in [6.07, 6.45) is 0. The van der Waals surface area contributed by atoms with Crippen LogP contribution in [-0.2, 0) is 14.3 Å². The molecule has 7 nitrogen and oxygen atoms in total. The third-order valence-electron chi connectivity index (χ3n) is 1.87. The quantitative estimate of drug-likeness (QED) is 0.612. The lowest BCUT2D eigenvalue weighted by Gasteiger charge is -2.23. The number of urea groups is 1. The molecule has 18 heavy (non-hydrogen) atoms. The lowest BCUT2D eigenvalue weighted by atomic mass is 10.2. The standard InChI is InChI=1S/C11H21N3O4/c1-6(14-10(12)17)8(15)13-7(2)9(16)18-11(3,4)5/h6-7H,1-5H3,(H,13,15)(H3,12,14,17)/t6?,7-/m0/s1. The predicted octanol–water partition coefficient (Wildman–Crippen LogP) is -0.110. The van der Waals surface area contributed by atoms with E-state index >= 15 is 0 Å². The highest BCUT2D eigenvalue weighted by atomic mass is 16.6. The van der Waals surface area contributed by atoms with Crippen LogP contribution in [-0.4, -0.2) is 35.6 Å². The molecule has 3 amide bonds. The summed E-state index contributed by atoms with van der Waals surface area (Å²) in [5, 5.41) is 4.63. The van der Waals surface area contributed by atoms with E-state index in [1.54, 1.807) is 20.8 Å². The second-order valence-electron chi connectivity index (χ2n) is 4.99. The summed E-state index contributed by atoms with van der Waals surface area (Å²) in [5.41, 5.74) is 4.27. The summed E-state index contributed by atoms with van der Waals surface area (Å²) in [5.74, 6) is -1.05. The number of nitrogens with one attached hydrogen (secondary N) is 2. The van der Waals surface area contributed by atoms with Gasteiger partial charge >= 0.3 is 12.0 Å². The zero-order valence-corrected chi connectivity index (χ0v) is 11.4. The molecule has 0 aliphatic heterocycles. The van der Waals surface area contributed by atoms with Crippen molar-refractivity contribution in [2.45, 2.75) is 52.3 Å². The van der Waals surface area contributed by atoms with E-state index in [2.05, 4.69) is 10.6 Å². The first-order chi connectivity index (χ1) is 8.03. The molecule has 0 aromatic heterocycles. The van der Waals surface area contributed by atoms with Crippen LogP contribution in [0.1, 0.15) is 34.6 Å². The molecular weight excluding hydrogens is 238 g/mol. The van der Waals surface area contributed by atoms with Crippen LogP contribution in [0.15, 0.2) is 0 Å². The molecule has 0 radical (unpaired) electrons. The van der Waals surface area contributed by atoms with Gasteiger partial charge in [-0.3, -0.25) is 4.79 Å². The zero-order valence-electron chi connectivity index (χ0n) is 11.4. The Bertz CT molecular complexity index is 336. The molecule has 0 aliphatic carbocycles. The molecule has 0 spiro atoms. The maximum atomic E-state index is 11.6. The van der Waals surface area contributed by atoms with Crippen LogP contribution in [0.25, 0.3) is 0 Å². The molecule has 0 rings (SSSR count). The molecule has 0 saturated carbocycles. The van der Waals surface area contributed by atoms with Gasteiger partial charge in [-0.15, -0.1) is 0 Å². The third-order valence-corrected chi connectivity index (χ3v) is 1.87. The maximum absolute atomic E-state index is 11.6. The van der Waals surface area contributed by atoms with Crippen LogP contribution in [0.2, 0.25) is 0 Å². The van der Waals surface area contributed by atoms with E-state index in [-0.39, 0.29) is 0 Å². The molecule has 0 fully saturated rings. The van der Waals surface area contributed by atoms with Crippen LogP contribution in [0.4, 0.5) is 4.79 Å². The summed E-state index contributed by atoms with van der Waals surface area (Å²) in [7, 11) is 0. The fourth-order valence-electron chi connectivity index (χ4n) is 1.07. The van der Waals surface area contributed by atoms with Gasteiger partial charge in [-0.05, 0) is 34.6 Å². The van der Waals surface area contributed by atoms with Crippen molar-refractivity contribution in [1.82, 2.24) is 10.6 Å². The molecule has 1 unspecified atom stereocenters. The van der Waals surface area contributed by atoms with Gasteiger partial charge < -0.3 is 21.1 Å². The number of rotatable bonds is 4. The van der Waals surface area contributed by atoms with Crippen molar-refractivity contribution in [3.05, 3.63) is 0 Å². The van der Waals surface area contributed by atoms with Gasteiger partial charge in [0, 0.05) is 0 Å². The first-order valence-electron chi connectivity index (χ1n) is 5.62. The van der Waals surface area contributed by atoms with E-state index in [0.29, 0.717) is 0 Å². The summed E-state index contributed by atoms with van der Waals surface area (Å²) >= 11 is 0. The monoisotopic (exact) mass is 259 g/mol. The van der Waals surface area contributed by atoms with E-state index in [9.17, 15) is 14.4 Å². The number of esters is 1. The van der Waals surface area contributed by atoms with Gasteiger partial charge in [-0.25, -0.2) is 9.59 Å². The number of ether oxygens (including phenoxy) is 1. The lowest BCUT2D eigenvalue weighted by Crippen LogP contribution is -2.51. The van der Waals surface area contributed by atoms with Gasteiger partial charge in [0.1, 0.15) is 17.7 Å². The van der Waals surface area contributed by atoms with Gasteiger partial charge in [0.05, 0.1) is 0 Å². The van der Waals surface area contributed by atoms with Gasteiger partial charge in [0.2, 0.25) is 5.91 Å². The van der Waals surface area contributed by atoms with Crippen molar-refractivity contribution in [3.8, 4) is 0 Å². The number of carbonyl (C=O) groups is 3. The van der Waals surface area contributed by atoms with Crippen LogP contribution in [0.3, 0.4) is 0 Å². The Balaban J connectivity index is 4.31. The molecule has 4 N–H and O–H groups in total. The third kappa shape index (κ3) is 6.72. The summed E-state index contributed by atoms with van der Waals surface area (Å²) < 4.78 is 5.10. The van der Waals surface area contributed by atoms with Gasteiger partial charge in [-0.1, -0.05) is 0 Å². The lowest BCUT2D eigenvalue weighted by molar-refractivity contribution is -0.158. The first-order valence-corrected chi connectivity index (χ1v) is 5.62. The molecule has 0 bridgehead atoms. The molecule has 0 aromatic carbocycles. The molecular formula is C11H21N3O4. The number of hydrogen-bond acceptors (Lipinski definition) is 4. The van der Waals surface area contributed by atoms with E-state index in [0.717, 1.165) is 0 Å². The highest BCUT2D eigenvalue weighted by Gasteiger charge is 2.24. The minimum atomic E-state index is -0.813. The normalized spacial score (nSPS) is 14.3. The Morgan fingerprint density at radius 1 is 1.06 bits per heavy atom. The Labute approximate surface area is 106 Å². The number of carbonyl (C=O) groups excluding carboxylic acids is 3. The highest BCUT2D eigenvalue weighted by molar-refractivity contribution is 5.89. The smallest absolute Gasteiger partial charge is 0.328 e. The summed E-state index contributed by atoms with van der Waals surface area (Å²) in [6.45, 7) is 8.16. The van der Waals surface area contributed by atoms with Gasteiger partial charge in [0.15, 0.2) is 0 Å². The fourth-order valence-corrected chi connectivity index (χ4v) is 1.07. The Morgan fingerprint density at radius 2 is 1.56 bits per heavy atom. The Hall–Kier alpha value is -1.79. The highest BCUT2D eigenvalue weighted by Crippen LogP contribution is 2.08. The summed E-state index contributed by atoms with van der Waals surface area (Å²) in [4.78, 5) is 33.7. The van der Waals surface area contributed by atoms with Crippen molar-refractivity contribution in [2.75, 3.05) is 0 Å². The van der Waals surface area contributed by atoms with Crippen molar-refractivity contribution >= 4 is 17.9 Å². The van der Waals surface area contributed by atoms with Crippen molar-refractivity contribution in [2.24, 2.45) is 5.73 Å². The molecule has 0 aromatic rings. The molecule has 0 saturated heterocycles. The molecule has 7 heteroatoms. The Morgan fingerprint density at radius 3 is 1.94 bits per heavy atom. The number of hydrogen-bond donors (Lipinski definition) is 3. The predicted molar refractivity (Wildman–Crippen MR) is 65.6 cm³/mol. The van der Waals surface area contributed by atoms with E-state index < -0.39 is 35.6 Å². The topological polar surface area (TPSA) is 111 Å². The number of amides is 3. The van der Waals surface area contributed by atoms with Crippen molar-refractivity contribution in [3.63, 3.8) is 0 Å². The molecule has 0 heterocycles. The molecule has 104 valence electrons. The van der Waals surface area contributed by atoms with E-state index in [1.807, 2.05) is 0 Å². The van der Waals surface area contributed by atoms with Gasteiger partial charge in [-0.2, -0.15) is 0 Å². The average molecular weight is 259 g/mol. The van der Waals surface area contributed by atoms with E-state index in [1.165, 1.54) is 13.8 Å². The number of nitrogens with two attached hydrogens (primary N) is 1. The van der Waals surface area contributed by atoms with Crippen molar-refractivity contribution < 1.29 is 19.1 Å². The van der Waals surface area contributed by atoms with Crippen LogP contribution in [0, 0.1) is 0 Å². The maximum Gasteiger partial charge on any atom is 0.328 e. The van der Waals surface area contributed by atoms with Crippen LogP contribution in [0.5, 0.6) is 0 Å². The van der Waals surface area contributed by atoms with Crippen molar-refractivity contribution in [1.29, 1.82) is 0 Å².